The molecule has 2 aromatic carbocycles. The van der Waals surface area contributed by atoms with Gasteiger partial charge in [-0.1, -0.05) is 42.5 Å². The number of amides is 1. The summed E-state index contributed by atoms with van der Waals surface area (Å²) < 4.78 is 18.2. The summed E-state index contributed by atoms with van der Waals surface area (Å²) in [5.41, 5.74) is 1.38. The molecule has 3 heterocycles. The van der Waals surface area contributed by atoms with E-state index in [4.69, 9.17) is 14.2 Å². The third-order valence-electron chi connectivity index (χ3n) is 7.02. The highest BCUT2D eigenvalue weighted by atomic mass is 32.1. The number of carbonyl (C=O) groups excluding carboxylic acids is 2. The number of esters is 1. The molecule has 0 unspecified atom stereocenters. The van der Waals surface area contributed by atoms with Gasteiger partial charge in [0.15, 0.2) is 11.4 Å². The highest BCUT2D eigenvalue weighted by Gasteiger charge is 2.37. The van der Waals surface area contributed by atoms with E-state index in [1.165, 1.54) is 7.11 Å². The Morgan fingerprint density at radius 2 is 1.71 bits per heavy atom. The monoisotopic (exact) mass is 573 g/mol. The summed E-state index contributed by atoms with van der Waals surface area (Å²) >= 11 is 1.61. The number of rotatable bonds is 9. The topological polar surface area (TPSA) is 90.3 Å². The molecule has 9 nitrogen and oxygen atoms in total. The van der Waals surface area contributed by atoms with Gasteiger partial charge < -0.3 is 19.1 Å². The molecular formula is C31H31N3O6S. The number of pyridine rings is 1. The Labute approximate surface area is 242 Å². The van der Waals surface area contributed by atoms with Crippen molar-refractivity contribution in [3.8, 4) is 21.9 Å². The number of ether oxygens (including phenoxy) is 3. The molecule has 2 aromatic heterocycles. The molecule has 1 amide bonds. The Hall–Kier alpha value is -4.57. The van der Waals surface area contributed by atoms with Gasteiger partial charge in [-0.25, -0.2) is 4.79 Å². The van der Waals surface area contributed by atoms with Crippen LogP contribution in [-0.4, -0.2) is 48.9 Å². The third-order valence-corrected chi connectivity index (χ3v) is 8.12. The molecule has 5 rings (SSSR count). The summed E-state index contributed by atoms with van der Waals surface area (Å²) in [7, 11) is 2.87. The largest absolute Gasteiger partial charge is 0.496 e. The van der Waals surface area contributed by atoms with Crippen molar-refractivity contribution in [2.24, 2.45) is 0 Å². The quantitative estimate of drug-likeness (QED) is 0.265. The summed E-state index contributed by atoms with van der Waals surface area (Å²) in [6.07, 6.45) is 0. The fourth-order valence-electron chi connectivity index (χ4n) is 4.98. The van der Waals surface area contributed by atoms with Gasteiger partial charge in [0.2, 0.25) is 5.43 Å². The smallest absolute Gasteiger partial charge is 0.343 e. The van der Waals surface area contributed by atoms with Crippen molar-refractivity contribution in [2.45, 2.75) is 27.0 Å². The van der Waals surface area contributed by atoms with E-state index < -0.39 is 11.4 Å². The van der Waals surface area contributed by atoms with Gasteiger partial charge >= 0.3 is 5.97 Å². The van der Waals surface area contributed by atoms with E-state index in [0.717, 1.165) is 26.6 Å². The molecule has 4 aromatic rings. The number of para-hydroxylation sites is 1. The molecule has 0 aliphatic carbocycles. The van der Waals surface area contributed by atoms with E-state index in [0.29, 0.717) is 18.8 Å². The van der Waals surface area contributed by atoms with Gasteiger partial charge in [0.05, 0.1) is 26.5 Å². The Balaban J connectivity index is 1.61. The van der Waals surface area contributed by atoms with Gasteiger partial charge in [-0.15, -0.1) is 11.3 Å². The second kappa shape index (κ2) is 11.9. The summed E-state index contributed by atoms with van der Waals surface area (Å²) in [6, 6.07) is 21.2. The first-order valence-electron chi connectivity index (χ1n) is 13.2. The first kappa shape index (κ1) is 28.0. The second-order valence-electron chi connectivity index (χ2n) is 9.48. The van der Waals surface area contributed by atoms with Crippen LogP contribution in [0, 0.1) is 6.92 Å². The van der Waals surface area contributed by atoms with Crippen LogP contribution in [0.4, 0.5) is 0 Å². The van der Waals surface area contributed by atoms with E-state index in [1.54, 1.807) is 34.9 Å². The number of thiophene rings is 1. The average molecular weight is 574 g/mol. The number of methoxy groups -OCH3 is 2. The van der Waals surface area contributed by atoms with Crippen LogP contribution >= 0.6 is 11.3 Å². The first-order valence-corrected chi connectivity index (χ1v) is 14.0. The molecular weight excluding hydrogens is 542 g/mol. The zero-order chi connectivity index (χ0) is 29.1. The number of benzene rings is 2. The van der Waals surface area contributed by atoms with Crippen molar-refractivity contribution in [1.29, 1.82) is 0 Å². The van der Waals surface area contributed by atoms with Crippen molar-refractivity contribution in [3.05, 3.63) is 104 Å². The van der Waals surface area contributed by atoms with Crippen LogP contribution < -0.4 is 19.9 Å². The second-order valence-corrected chi connectivity index (χ2v) is 10.6. The minimum absolute atomic E-state index is 0.0549. The van der Waals surface area contributed by atoms with Gasteiger partial charge in [-0.2, -0.15) is 0 Å². The minimum Gasteiger partial charge on any atom is -0.496 e. The lowest BCUT2D eigenvalue weighted by Gasteiger charge is -2.41. The molecule has 0 saturated heterocycles. The highest BCUT2D eigenvalue weighted by Crippen LogP contribution is 2.36. The van der Waals surface area contributed by atoms with Gasteiger partial charge in [0.25, 0.3) is 5.91 Å². The lowest BCUT2D eigenvalue weighted by molar-refractivity contribution is 0.0589. The van der Waals surface area contributed by atoms with Gasteiger partial charge in [-0.05, 0) is 43.7 Å². The first-order chi connectivity index (χ1) is 19.9. The summed E-state index contributed by atoms with van der Waals surface area (Å²) in [5, 5.41) is 1.94. The van der Waals surface area contributed by atoms with Crippen LogP contribution in [-0.2, 0) is 17.9 Å². The summed E-state index contributed by atoms with van der Waals surface area (Å²) in [6.45, 7) is 4.69. The van der Waals surface area contributed by atoms with Crippen molar-refractivity contribution in [3.63, 3.8) is 0 Å². The van der Waals surface area contributed by atoms with E-state index >= 15 is 0 Å². The maximum absolute atomic E-state index is 13.7. The molecule has 0 N–H and O–H groups in total. The van der Waals surface area contributed by atoms with Crippen LogP contribution in [0.1, 0.15) is 43.9 Å². The highest BCUT2D eigenvalue weighted by molar-refractivity contribution is 7.15. The van der Waals surface area contributed by atoms with Gasteiger partial charge in [-0.3, -0.25) is 19.3 Å². The van der Waals surface area contributed by atoms with Crippen LogP contribution in [0.5, 0.6) is 11.5 Å². The Morgan fingerprint density at radius 3 is 2.41 bits per heavy atom. The van der Waals surface area contributed by atoms with E-state index in [2.05, 4.69) is 0 Å². The molecule has 1 aliphatic rings. The number of hydrogen-bond donors (Lipinski definition) is 0. The number of fused-ring (bicyclic) bond motifs is 1. The Bertz CT molecular complexity index is 1650. The fraction of sp³-hybridized carbons (Fsp3) is 0.258. The van der Waals surface area contributed by atoms with Crippen LogP contribution in [0.2, 0.25) is 0 Å². The molecule has 212 valence electrons. The number of hydrogen-bond acceptors (Lipinski definition) is 8. The molecule has 41 heavy (non-hydrogen) atoms. The zero-order valence-corrected chi connectivity index (χ0v) is 24.2. The lowest BCUT2D eigenvalue weighted by Crippen LogP contribution is -2.55. The summed E-state index contributed by atoms with van der Waals surface area (Å²) in [5.74, 6) is -0.520. The maximum atomic E-state index is 13.7. The maximum Gasteiger partial charge on any atom is 0.343 e. The molecule has 0 saturated carbocycles. The summed E-state index contributed by atoms with van der Waals surface area (Å²) in [4.78, 5) is 43.9. The standard InChI is InChI=1S/C31H31N3O6S/c1-5-32-19-33(17-22-15-16-25(41-22)23-13-9-10-14-24(23)38-3)34-20(2)26(31(37)39-4)28(35)29(27(34)30(32)36)40-18-21-11-7-6-8-12-21/h6-16H,5,17-19H2,1-4H3. The normalized spacial score (nSPS) is 12.7. The average Bonchev–Trinajstić information content (AvgIpc) is 3.46. The fourth-order valence-corrected chi connectivity index (χ4v) is 6.02. The molecule has 0 spiro atoms. The van der Waals surface area contributed by atoms with Crippen LogP contribution in [0.25, 0.3) is 10.4 Å². The minimum atomic E-state index is -0.785. The van der Waals surface area contributed by atoms with Gasteiger partial charge in [0.1, 0.15) is 24.6 Å². The third kappa shape index (κ3) is 5.30. The van der Waals surface area contributed by atoms with Crippen molar-refractivity contribution in [1.82, 2.24) is 9.58 Å². The Morgan fingerprint density at radius 1 is 0.976 bits per heavy atom. The SMILES string of the molecule is CCN1CN(Cc2ccc(-c3ccccc3OC)s2)n2c(C)c(C(=O)OC)c(=O)c(OCc3ccccc3)c2C1=O. The molecule has 0 fully saturated rings. The number of carbonyl (C=O) groups is 2. The molecule has 10 heteroatoms. The van der Waals surface area contributed by atoms with Crippen molar-refractivity contribution in [2.75, 3.05) is 32.4 Å². The van der Waals surface area contributed by atoms with Crippen LogP contribution in [0.15, 0.2) is 71.5 Å². The van der Waals surface area contributed by atoms with Crippen molar-refractivity contribution >= 4 is 23.2 Å². The number of nitrogens with zero attached hydrogens (tertiary/aromatic N) is 3. The number of aromatic nitrogens is 1. The molecule has 0 radical (unpaired) electrons. The molecule has 0 bridgehead atoms. The molecule has 0 atom stereocenters. The predicted octanol–water partition coefficient (Wildman–Crippen LogP) is 4.83. The van der Waals surface area contributed by atoms with Gasteiger partial charge in [0, 0.05) is 21.9 Å². The lowest BCUT2D eigenvalue weighted by atomic mass is 10.1. The van der Waals surface area contributed by atoms with E-state index in [1.807, 2.05) is 78.7 Å². The Kier molecular flexibility index (Phi) is 8.11. The van der Waals surface area contributed by atoms with E-state index in [9.17, 15) is 14.4 Å². The van der Waals surface area contributed by atoms with Crippen molar-refractivity contribution < 1.29 is 23.8 Å². The van der Waals surface area contributed by atoms with E-state index in [-0.39, 0.29) is 36.2 Å². The zero-order valence-electron chi connectivity index (χ0n) is 23.4. The predicted molar refractivity (Wildman–Crippen MR) is 157 cm³/mol. The van der Waals surface area contributed by atoms with Crippen LogP contribution in [0.3, 0.4) is 0 Å². The molecule has 1 aliphatic heterocycles.